The molecule has 10 rings (SSSR count). The topological polar surface area (TPSA) is 144 Å². The van der Waals surface area contributed by atoms with Gasteiger partial charge >= 0.3 is 12.4 Å². The molecule has 0 radical (unpaired) electrons. The van der Waals surface area contributed by atoms with Gasteiger partial charge in [0, 0.05) is 90.7 Å². The number of carbonyl (C=O) groups is 2. The van der Waals surface area contributed by atoms with Crippen molar-refractivity contribution in [3.8, 4) is 22.5 Å². The summed E-state index contributed by atoms with van der Waals surface area (Å²) in [5.41, 5.74) is 4.82. The van der Waals surface area contributed by atoms with E-state index < -0.39 is 35.3 Å². The van der Waals surface area contributed by atoms with E-state index in [1.807, 2.05) is 59.6 Å². The number of imidazole rings is 2. The van der Waals surface area contributed by atoms with E-state index in [0.29, 0.717) is 109 Å². The third kappa shape index (κ3) is 9.85. The summed E-state index contributed by atoms with van der Waals surface area (Å²) in [5.74, 6) is -0.162. The molecule has 20 heteroatoms. The molecule has 2 saturated heterocycles. The molecule has 2 fully saturated rings. The summed E-state index contributed by atoms with van der Waals surface area (Å²) in [4.78, 5) is 50.8. The maximum atomic E-state index is 13.5. The Bertz CT molecular complexity index is 3330. The first-order chi connectivity index (χ1) is 34.1. The minimum absolute atomic E-state index is 0.133. The number of aromatic nitrogens is 6. The number of rotatable bonds is 10. The number of anilines is 4. The van der Waals surface area contributed by atoms with Crippen LogP contribution in [0.5, 0.6) is 0 Å². The number of hydrogen-bond acceptors (Lipinski definition) is 10. The fraction of sp³-hybridized carbons (Fsp3) is 0.255. The van der Waals surface area contributed by atoms with Crippen LogP contribution < -0.4 is 20.4 Å². The molecule has 8 aromatic rings. The Hall–Kier alpha value is -7.84. The van der Waals surface area contributed by atoms with Crippen LogP contribution in [0.2, 0.25) is 0 Å². The van der Waals surface area contributed by atoms with Crippen LogP contribution in [-0.4, -0.2) is 92.7 Å². The van der Waals surface area contributed by atoms with Crippen molar-refractivity contribution in [2.24, 2.45) is 0 Å². The molecule has 1 atom stereocenters. The summed E-state index contributed by atoms with van der Waals surface area (Å²) in [6.07, 6.45) is 0.373. The van der Waals surface area contributed by atoms with Crippen LogP contribution in [0, 0.1) is 13.8 Å². The maximum absolute atomic E-state index is 13.5. The minimum Gasteiger partial charge on any atom is -0.378 e. The van der Waals surface area contributed by atoms with Crippen molar-refractivity contribution in [2.75, 3.05) is 66.5 Å². The average Bonchev–Trinajstić information content (AvgIpc) is 4.02. The average molecular weight is 975 g/mol. The van der Waals surface area contributed by atoms with Gasteiger partial charge in [-0.1, -0.05) is 24.3 Å². The molecule has 2 aliphatic heterocycles. The Balaban J connectivity index is 0.953. The summed E-state index contributed by atoms with van der Waals surface area (Å²) in [6, 6.07) is 18.7. The molecule has 0 saturated carbocycles. The SMILES string of the molecule is Cc1ccc(NC(=O)c2cccc(C(F)(F)F)c2)cc1-c1cn2cc(C[C@@H]3COCCN3c3nc(-c4cc(NC(=O)c5cccc(C(F)(F)F)c5)ccc4C)cn4ccnc34)nc2c(N2CCOCC2)n1. The number of alkyl halides is 6. The molecular formula is C51H44F6N10O4. The van der Waals surface area contributed by atoms with Gasteiger partial charge in [-0.25, -0.2) is 19.9 Å². The molecule has 4 aromatic carbocycles. The first kappa shape index (κ1) is 46.9. The van der Waals surface area contributed by atoms with E-state index >= 15 is 0 Å². The highest BCUT2D eigenvalue weighted by molar-refractivity contribution is 6.05. The van der Waals surface area contributed by atoms with Crippen molar-refractivity contribution in [2.45, 2.75) is 38.7 Å². The molecule has 2 aliphatic rings. The molecule has 4 aromatic heterocycles. The molecule has 2 N–H and O–H groups in total. The van der Waals surface area contributed by atoms with E-state index in [4.69, 9.17) is 24.4 Å². The van der Waals surface area contributed by atoms with E-state index in [1.54, 1.807) is 30.5 Å². The predicted molar refractivity (Wildman–Crippen MR) is 254 cm³/mol. The predicted octanol–water partition coefficient (Wildman–Crippen LogP) is 9.55. The summed E-state index contributed by atoms with van der Waals surface area (Å²) >= 11 is 0. The second kappa shape index (κ2) is 18.8. The molecule has 0 aliphatic carbocycles. The Morgan fingerprint density at radius 1 is 0.648 bits per heavy atom. The van der Waals surface area contributed by atoms with Gasteiger partial charge in [-0.2, -0.15) is 26.3 Å². The number of halogens is 6. The van der Waals surface area contributed by atoms with Crippen molar-refractivity contribution in [1.29, 1.82) is 0 Å². The van der Waals surface area contributed by atoms with Crippen LogP contribution in [0.25, 0.3) is 33.8 Å². The van der Waals surface area contributed by atoms with Gasteiger partial charge in [0.1, 0.15) is 0 Å². The number of fused-ring (bicyclic) bond motifs is 2. The summed E-state index contributed by atoms with van der Waals surface area (Å²) in [6.45, 7) is 7.17. The van der Waals surface area contributed by atoms with Crippen molar-refractivity contribution in [3.05, 3.63) is 155 Å². The van der Waals surface area contributed by atoms with Gasteiger partial charge in [0.05, 0.1) is 60.7 Å². The zero-order valence-corrected chi connectivity index (χ0v) is 38.2. The Kier molecular flexibility index (Phi) is 12.4. The molecule has 2 amide bonds. The van der Waals surface area contributed by atoms with Gasteiger partial charge in [0.25, 0.3) is 11.8 Å². The standard InChI is InChI=1S/C51H44F6N10O4/c1-30-9-11-36(60-48(68)32-5-3-7-34(21-32)50(52,53)54)24-40(30)42-27-65-14-13-58-44(65)47(63-42)67-17-20-71-29-39(67)23-38-26-66-28-43(62-46(45(66)59-38)64-15-18-70-19-16-64)41-25-37(12-10-31(41)2)61-49(69)33-6-4-8-35(22-33)51(55,56)57/h3-14,21-22,24-28,39H,15-20,23,29H2,1-2H3,(H,60,68)(H,61,69)/t39-/m1/s1. The van der Waals surface area contributed by atoms with Gasteiger partial charge in [-0.05, 0) is 85.6 Å². The van der Waals surface area contributed by atoms with Gasteiger partial charge in [-0.3, -0.25) is 9.59 Å². The zero-order valence-electron chi connectivity index (χ0n) is 38.2. The molecule has 6 heterocycles. The third-order valence-corrected chi connectivity index (χ3v) is 12.5. The van der Waals surface area contributed by atoms with Crippen LogP contribution in [-0.2, 0) is 28.2 Å². The van der Waals surface area contributed by atoms with Crippen LogP contribution in [0.3, 0.4) is 0 Å². The number of amides is 2. The summed E-state index contributed by atoms with van der Waals surface area (Å²) in [5, 5.41) is 5.49. The monoisotopic (exact) mass is 974 g/mol. The van der Waals surface area contributed by atoms with Crippen molar-refractivity contribution in [3.63, 3.8) is 0 Å². The van der Waals surface area contributed by atoms with Crippen LogP contribution in [0.15, 0.2) is 116 Å². The van der Waals surface area contributed by atoms with Gasteiger partial charge in [-0.15, -0.1) is 0 Å². The second-order valence-electron chi connectivity index (χ2n) is 17.4. The number of benzene rings is 4. The highest BCUT2D eigenvalue weighted by Gasteiger charge is 2.33. The van der Waals surface area contributed by atoms with E-state index in [2.05, 4.69) is 25.4 Å². The third-order valence-electron chi connectivity index (χ3n) is 12.5. The molecule has 0 spiro atoms. The number of morpholine rings is 2. The normalized spacial score (nSPS) is 15.6. The smallest absolute Gasteiger partial charge is 0.378 e. The Labute approximate surface area is 401 Å². The lowest BCUT2D eigenvalue weighted by Gasteiger charge is -2.36. The first-order valence-corrected chi connectivity index (χ1v) is 22.6. The first-order valence-electron chi connectivity index (χ1n) is 22.6. The number of hydrogen-bond donors (Lipinski definition) is 2. The van der Waals surface area contributed by atoms with Crippen LogP contribution in [0.4, 0.5) is 49.4 Å². The number of carbonyl (C=O) groups excluding carboxylic acids is 2. The fourth-order valence-corrected chi connectivity index (χ4v) is 8.86. The lowest BCUT2D eigenvalue weighted by atomic mass is 10.0. The highest BCUT2D eigenvalue weighted by atomic mass is 19.4. The molecule has 364 valence electrons. The lowest BCUT2D eigenvalue weighted by molar-refractivity contribution is -0.138. The second-order valence-corrected chi connectivity index (χ2v) is 17.4. The zero-order chi connectivity index (χ0) is 49.6. The highest BCUT2D eigenvalue weighted by Crippen LogP contribution is 2.35. The Morgan fingerprint density at radius 2 is 1.21 bits per heavy atom. The number of nitrogens with zero attached hydrogens (tertiary/aromatic N) is 8. The van der Waals surface area contributed by atoms with Crippen LogP contribution >= 0.6 is 0 Å². The van der Waals surface area contributed by atoms with Crippen LogP contribution in [0.1, 0.15) is 48.7 Å². The van der Waals surface area contributed by atoms with Crippen molar-refractivity contribution >= 4 is 46.1 Å². The van der Waals surface area contributed by atoms with E-state index in [1.165, 1.54) is 24.3 Å². The van der Waals surface area contributed by atoms with Gasteiger partial charge < -0.3 is 38.7 Å². The fourth-order valence-electron chi connectivity index (χ4n) is 8.86. The lowest BCUT2D eigenvalue weighted by Crippen LogP contribution is -2.47. The quantitative estimate of drug-likeness (QED) is 0.127. The molecule has 0 unspecified atom stereocenters. The number of ether oxygens (including phenoxy) is 2. The maximum Gasteiger partial charge on any atom is 0.416 e. The van der Waals surface area contributed by atoms with Crippen molar-refractivity contribution < 1.29 is 45.4 Å². The minimum atomic E-state index is -4.60. The van der Waals surface area contributed by atoms with Crippen molar-refractivity contribution in [1.82, 2.24) is 28.7 Å². The summed E-state index contributed by atoms with van der Waals surface area (Å²) < 4.78 is 96.2. The molecular weight excluding hydrogens is 931 g/mol. The number of aryl methyl sites for hydroxylation is 2. The molecule has 71 heavy (non-hydrogen) atoms. The molecule has 14 nitrogen and oxygen atoms in total. The molecule has 0 bridgehead atoms. The van der Waals surface area contributed by atoms with E-state index in [9.17, 15) is 35.9 Å². The summed E-state index contributed by atoms with van der Waals surface area (Å²) in [7, 11) is 0. The largest absolute Gasteiger partial charge is 0.416 e. The Morgan fingerprint density at radius 3 is 1.80 bits per heavy atom. The van der Waals surface area contributed by atoms with E-state index in [-0.39, 0.29) is 17.2 Å². The van der Waals surface area contributed by atoms with Gasteiger partial charge in [0.2, 0.25) is 0 Å². The number of nitrogens with one attached hydrogen (secondary N) is 2. The van der Waals surface area contributed by atoms with E-state index in [0.717, 1.165) is 41.1 Å². The van der Waals surface area contributed by atoms with Gasteiger partial charge in [0.15, 0.2) is 22.9 Å².